The number of phenolic OH excluding ortho intramolecular Hbond substituents is 1. The zero-order valence-corrected chi connectivity index (χ0v) is 10.8. The van der Waals surface area contributed by atoms with Crippen LogP contribution in [-0.2, 0) is 4.74 Å². The maximum absolute atomic E-state index is 11.7. The Morgan fingerprint density at radius 2 is 1.90 bits per heavy atom. The van der Waals surface area contributed by atoms with E-state index in [0.717, 1.165) is 5.56 Å². The number of esters is 1. The summed E-state index contributed by atoms with van der Waals surface area (Å²) in [6.07, 6.45) is 0. The first kappa shape index (κ1) is 12.3. The molecule has 0 bridgehead atoms. The van der Waals surface area contributed by atoms with Crippen LogP contribution in [0.3, 0.4) is 0 Å². The SMILES string of the molecule is COC(=O)c1ccc(O)c2oc(-c3ccccc3)cc12. The molecule has 4 heteroatoms. The van der Waals surface area contributed by atoms with E-state index in [2.05, 4.69) is 0 Å². The standard InChI is InChI=1S/C16H12O4/c1-19-16(18)11-7-8-13(17)15-12(11)9-14(20-15)10-5-3-2-4-6-10/h2-9,17H,1H3. The molecule has 0 aliphatic heterocycles. The first-order valence-electron chi connectivity index (χ1n) is 6.10. The molecule has 3 aromatic rings. The van der Waals surface area contributed by atoms with E-state index in [-0.39, 0.29) is 11.3 Å². The molecule has 0 spiro atoms. The van der Waals surface area contributed by atoms with Gasteiger partial charge in [0.05, 0.1) is 12.7 Å². The highest BCUT2D eigenvalue weighted by Crippen LogP contribution is 2.35. The smallest absolute Gasteiger partial charge is 0.338 e. The third-order valence-corrected chi connectivity index (χ3v) is 3.13. The zero-order chi connectivity index (χ0) is 14.1. The summed E-state index contributed by atoms with van der Waals surface area (Å²) in [7, 11) is 1.32. The molecule has 1 N–H and O–H groups in total. The molecule has 2 aromatic carbocycles. The van der Waals surface area contributed by atoms with Crippen LogP contribution in [0.2, 0.25) is 0 Å². The third kappa shape index (κ3) is 1.91. The lowest BCUT2D eigenvalue weighted by atomic mass is 10.1. The number of aromatic hydroxyl groups is 1. The van der Waals surface area contributed by atoms with Crippen molar-refractivity contribution in [3.8, 4) is 17.1 Å². The number of furan rings is 1. The molecule has 100 valence electrons. The van der Waals surface area contributed by atoms with Crippen LogP contribution in [0.5, 0.6) is 5.75 Å². The second-order valence-corrected chi connectivity index (χ2v) is 4.34. The van der Waals surface area contributed by atoms with Gasteiger partial charge in [0, 0.05) is 10.9 Å². The van der Waals surface area contributed by atoms with Crippen molar-refractivity contribution in [3.05, 3.63) is 54.1 Å². The first-order chi connectivity index (χ1) is 9.70. The van der Waals surface area contributed by atoms with Crippen molar-refractivity contribution in [2.45, 2.75) is 0 Å². The summed E-state index contributed by atoms with van der Waals surface area (Å²) in [5, 5.41) is 10.4. The molecule has 3 rings (SSSR count). The minimum Gasteiger partial charge on any atom is -0.504 e. The van der Waals surface area contributed by atoms with Crippen LogP contribution in [0, 0.1) is 0 Å². The third-order valence-electron chi connectivity index (χ3n) is 3.13. The van der Waals surface area contributed by atoms with Gasteiger partial charge in [0.1, 0.15) is 5.76 Å². The summed E-state index contributed by atoms with van der Waals surface area (Å²) in [5.74, 6) is 0.123. The van der Waals surface area contributed by atoms with E-state index in [9.17, 15) is 9.90 Å². The van der Waals surface area contributed by atoms with Crippen molar-refractivity contribution in [2.75, 3.05) is 7.11 Å². The number of fused-ring (bicyclic) bond motifs is 1. The van der Waals surface area contributed by atoms with Crippen molar-refractivity contribution in [1.29, 1.82) is 0 Å². The molecular weight excluding hydrogens is 256 g/mol. The van der Waals surface area contributed by atoms with E-state index in [4.69, 9.17) is 9.15 Å². The molecule has 4 nitrogen and oxygen atoms in total. The quantitative estimate of drug-likeness (QED) is 0.721. The number of carbonyl (C=O) groups is 1. The topological polar surface area (TPSA) is 59.7 Å². The number of ether oxygens (including phenoxy) is 1. The van der Waals surface area contributed by atoms with E-state index in [1.54, 1.807) is 6.07 Å². The lowest BCUT2D eigenvalue weighted by molar-refractivity contribution is 0.0603. The number of methoxy groups -OCH3 is 1. The fraction of sp³-hybridized carbons (Fsp3) is 0.0625. The lowest BCUT2D eigenvalue weighted by Gasteiger charge is -2.00. The fourth-order valence-corrected chi connectivity index (χ4v) is 2.14. The minimum atomic E-state index is -0.463. The van der Waals surface area contributed by atoms with Gasteiger partial charge in [0.15, 0.2) is 11.3 Å². The highest BCUT2D eigenvalue weighted by atomic mass is 16.5. The van der Waals surface area contributed by atoms with Crippen molar-refractivity contribution in [2.24, 2.45) is 0 Å². The summed E-state index contributed by atoms with van der Waals surface area (Å²) in [4.78, 5) is 11.7. The van der Waals surface area contributed by atoms with E-state index < -0.39 is 5.97 Å². The van der Waals surface area contributed by atoms with Crippen LogP contribution in [0.1, 0.15) is 10.4 Å². The molecular formula is C16H12O4. The van der Waals surface area contributed by atoms with Gasteiger partial charge in [0.2, 0.25) is 0 Å². The molecule has 0 unspecified atom stereocenters. The van der Waals surface area contributed by atoms with Gasteiger partial charge >= 0.3 is 5.97 Å². The fourth-order valence-electron chi connectivity index (χ4n) is 2.14. The van der Waals surface area contributed by atoms with Gasteiger partial charge < -0.3 is 14.3 Å². The van der Waals surface area contributed by atoms with Gasteiger partial charge in [-0.15, -0.1) is 0 Å². The maximum atomic E-state index is 11.7. The van der Waals surface area contributed by atoms with Crippen LogP contribution >= 0.6 is 0 Å². The zero-order valence-electron chi connectivity index (χ0n) is 10.8. The predicted molar refractivity (Wildman–Crippen MR) is 74.7 cm³/mol. The van der Waals surface area contributed by atoms with Crippen molar-refractivity contribution >= 4 is 16.9 Å². The Kier molecular flexibility index (Phi) is 2.91. The molecule has 0 fully saturated rings. The summed E-state index contributed by atoms with van der Waals surface area (Å²) in [5.41, 5.74) is 1.52. The Hall–Kier alpha value is -2.75. The maximum Gasteiger partial charge on any atom is 0.338 e. The monoisotopic (exact) mass is 268 g/mol. The van der Waals surface area contributed by atoms with Crippen LogP contribution < -0.4 is 0 Å². The molecule has 1 aromatic heterocycles. The normalized spacial score (nSPS) is 10.7. The van der Waals surface area contributed by atoms with Crippen LogP contribution in [0.15, 0.2) is 52.9 Å². The van der Waals surface area contributed by atoms with Crippen LogP contribution in [-0.4, -0.2) is 18.2 Å². The first-order valence-corrected chi connectivity index (χ1v) is 6.10. The van der Waals surface area contributed by atoms with Crippen molar-refractivity contribution in [3.63, 3.8) is 0 Å². The molecule has 1 heterocycles. The summed E-state index contributed by atoms with van der Waals surface area (Å²) in [6.45, 7) is 0. The van der Waals surface area contributed by atoms with E-state index in [0.29, 0.717) is 16.7 Å². The average Bonchev–Trinajstić information content (AvgIpc) is 2.94. The van der Waals surface area contributed by atoms with Crippen LogP contribution in [0.25, 0.3) is 22.3 Å². The number of carbonyl (C=O) groups excluding carboxylic acids is 1. The Labute approximate surface area is 115 Å². The summed E-state index contributed by atoms with van der Waals surface area (Å²) in [6, 6.07) is 14.2. The Morgan fingerprint density at radius 1 is 1.15 bits per heavy atom. The minimum absolute atomic E-state index is 0.00478. The van der Waals surface area contributed by atoms with Gasteiger partial charge in [0.25, 0.3) is 0 Å². The van der Waals surface area contributed by atoms with Gasteiger partial charge in [-0.25, -0.2) is 4.79 Å². The second-order valence-electron chi connectivity index (χ2n) is 4.34. The summed E-state index contributed by atoms with van der Waals surface area (Å²) < 4.78 is 10.4. The van der Waals surface area contributed by atoms with E-state index >= 15 is 0 Å². The Bertz CT molecular complexity index is 772. The summed E-state index contributed by atoms with van der Waals surface area (Å²) >= 11 is 0. The molecule has 0 atom stereocenters. The van der Waals surface area contributed by atoms with E-state index in [1.807, 2.05) is 30.3 Å². The number of benzene rings is 2. The number of hydrogen-bond donors (Lipinski definition) is 1. The molecule has 0 aliphatic rings. The Morgan fingerprint density at radius 3 is 2.60 bits per heavy atom. The van der Waals surface area contributed by atoms with Crippen LogP contribution in [0.4, 0.5) is 0 Å². The largest absolute Gasteiger partial charge is 0.504 e. The van der Waals surface area contributed by atoms with Crippen molar-refractivity contribution < 1.29 is 19.1 Å². The van der Waals surface area contributed by atoms with E-state index in [1.165, 1.54) is 19.2 Å². The predicted octanol–water partition coefficient (Wildman–Crippen LogP) is 3.59. The molecule has 0 saturated heterocycles. The molecule has 0 aliphatic carbocycles. The molecule has 0 amide bonds. The van der Waals surface area contributed by atoms with Gasteiger partial charge in [-0.1, -0.05) is 30.3 Å². The molecule has 20 heavy (non-hydrogen) atoms. The highest BCUT2D eigenvalue weighted by Gasteiger charge is 2.17. The average molecular weight is 268 g/mol. The van der Waals surface area contributed by atoms with Crippen molar-refractivity contribution in [1.82, 2.24) is 0 Å². The molecule has 0 radical (unpaired) electrons. The lowest BCUT2D eigenvalue weighted by Crippen LogP contribution is -2.00. The highest BCUT2D eigenvalue weighted by molar-refractivity contribution is 6.05. The second kappa shape index (κ2) is 4.74. The van der Waals surface area contributed by atoms with Gasteiger partial charge in [-0.05, 0) is 18.2 Å². The van der Waals surface area contributed by atoms with Gasteiger partial charge in [-0.3, -0.25) is 0 Å². The number of hydrogen-bond acceptors (Lipinski definition) is 4. The van der Waals surface area contributed by atoms with Gasteiger partial charge in [-0.2, -0.15) is 0 Å². The number of phenols is 1. The Balaban J connectivity index is 2.24. The molecule has 0 saturated carbocycles. The number of rotatable bonds is 2.